The van der Waals surface area contributed by atoms with Gasteiger partial charge in [-0.05, 0) is 183 Å². The van der Waals surface area contributed by atoms with Gasteiger partial charge in [-0.2, -0.15) is 0 Å². The molecule has 0 aromatic heterocycles. The Labute approximate surface area is 294 Å². The first kappa shape index (κ1) is 40.4. The maximum absolute atomic E-state index is 7.04. The SMILES string of the molecule is C[C@H](CCCN(CCCN)CCCN)[C@H]1CC[C@H]2[C@@H]3[C@H](OCCCN)C[C@@H]4C[C@H](OCCCN)CC[C@]4(C)[C@H]3C[C@H](OCCCN)[C@]12C. The lowest BCUT2D eigenvalue weighted by molar-refractivity contribution is -0.227. The van der Waals surface area contributed by atoms with Crippen LogP contribution < -0.4 is 28.7 Å². The van der Waals surface area contributed by atoms with Gasteiger partial charge in [-0.25, -0.2) is 0 Å². The summed E-state index contributed by atoms with van der Waals surface area (Å²) in [5, 5.41) is 0. The molecule has 9 nitrogen and oxygen atoms in total. The predicted molar refractivity (Wildman–Crippen MR) is 198 cm³/mol. The molecule has 4 saturated carbocycles. The van der Waals surface area contributed by atoms with Gasteiger partial charge in [0, 0.05) is 25.2 Å². The molecular weight excluding hydrogens is 600 g/mol. The van der Waals surface area contributed by atoms with E-state index < -0.39 is 0 Å². The number of nitrogens with zero attached hydrogens (tertiary/aromatic N) is 1. The fourth-order valence-corrected chi connectivity index (χ4v) is 11.4. The molecule has 0 saturated heterocycles. The molecular formula is C39H78N6O3. The van der Waals surface area contributed by atoms with Gasteiger partial charge in [0.15, 0.2) is 0 Å². The normalized spacial score (nSPS) is 36.9. The molecule has 0 bridgehead atoms. The van der Waals surface area contributed by atoms with E-state index in [9.17, 15) is 0 Å². The van der Waals surface area contributed by atoms with E-state index in [1.54, 1.807) is 0 Å². The summed E-state index contributed by atoms with van der Waals surface area (Å²) in [5.74, 6) is 3.75. The minimum Gasteiger partial charge on any atom is -0.378 e. The molecule has 0 aromatic carbocycles. The van der Waals surface area contributed by atoms with Crippen LogP contribution in [-0.2, 0) is 14.2 Å². The highest BCUT2D eigenvalue weighted by molar-refractivity contribution is 5.15. The zero-order valence-electron chi connectivity index (χ0n) is 31.4. The van der Waals surface area contributed by atoms with Gasteiger partial charge < -0.3 is 47.8 Å². The second-order valence-electron chi connectivity index (χ2n) is 16.7. The van der Waals surface area contributed by atoms with Gasteiger partial charge >= 0.3 is 0 Å². The van der Waals surface area contributed by atoms with Crippen molar-refractivity contribution in [2.24, 2.45) is 75.0 Å². The third-order valence-electron chi connectivity index (χ3n) is 14.0. The lowest BCUT2D eigenvalue weighted by Crippen LogP contribution is -2.63. The Bertz CT molecular complexity index is 892. The fourth-order valence-electron chi connectivity index (χ4n) is 11.4. The smallest absolute Gasteiger partial charge is 0.0637 e. The van der Waals surface area contributed by atoms with E-state index in [0.29, 0.717) is 72.8 Å². The van der Waals surface area contributed by atoms with Crippen LogP contribution in [0.4, 0.5) is 0 Å². The van der Waals surface area contributed by atoms with Crippen LogP contribution >= 0.6 is 0 Å². The maximum Gasteiger partial charge on any atom is 0.0637 e. The van der Waals surface area contributed by atoms with Crippen molar-refractivity contribution in [3.8, 4) is 0 Å². The Morgan fingerprint density at radius 1 is 0.667 bits per heavy atom. The summed E-state index contributed by atoms with van der Waals surface area (Å²) in [7, 11) is 0. The molecule has 0 amide bonds. The van der Waals surface area contributed by atoms with E-state index in [1.807, 2.05) is 0 Å². The standard InChI is InChI=1S/C39H78N6O3/c1-29(10-4-20-45(21-5-15-40)22-6-16-41)32-11-12-33-37-34(28-36(39(32,33)3)48-25-9-19-44)38(2)14-13-31(46-23-7-17-42)26-30(38)27-35(37)47-24-8-18-43/h29-37H,4-28,40-44H2,1-3H3/t29-,30+,31-,32-,33+,34+,35-,36+,37+,38+,39-/m1/s1. The summed E-state index contributed by atoms with van der Waals surface area (Å²) in [4.78, 5) is 2.59. The van der Waals surface area contributed by atoms with Crippen LogP contribution in [-0.4, -0.2) is 95.4 Å². The molecule has 4 fully saturated rings. The molecule has 0 unspecified atom stereocenters. The van der Waals surface area contributed by atoms with E-state index in [0.717, 1.165) is 110 Å². The van der Waals surface area contributed by atoms with E-state index in [2.05, 4.69) is 25.7 Å². The van der Waals surface area contributed by atoms with Gasteiger partial charge in [0.2, 0.25) is 0 Å². The number of hydrogen-bond acceptors (Lipinski definition) is 9. The molecule has 4 aliphatic rings. The van der Waals surface area contributed by atoms with Crippen LogP contribution in [0.15, 0.2) is 0 Å². The Hall–Kier alpha value is -0.360. The van der Waals surface area contributed by atoms with Crippen molar-refractivity contribution >= 4 is 0 Å². The van der Waals surface area contributed by atoms with Gasteiger partial charge in [-0.3, -0.25) is 0 Å². The molecule has 0 aliphatic heterocycles. The number of hydrogen-bond donors (Lipinski definition) is 5. The largest absolute Gasteiger partial charge is 0.378 e. The zero-order chi connectivity index (χ0) is 34.6. The molecule has 4 rings (SSSR count). The first-order valence-electron chi connectivity index (χ1n) is 20.4. The summed E-state index contributed by atoms with van der Waals surface area (Å²) in [5.41, 5.74) is 29.9. The lowest BCUT2D eigenvalue weighted by Gasteiger charge is -2.65. The number of ether oxygens (including phenoxy) is 3. The molecule has 0 aromatic rings. The number of fused-ring (bicyclic) bond motifs is 5. The van der Waals surface area contributed by atoms with Gasteiger partial charge in [0.25, 0.3) is 0 Å². The van der Waals surface area contributed by atoms with Gasteiger partial charge in [-0.15, -0.1) is 0 Å². The Morgan fingerprint density at radius 3 is 1.92 bits per heavy atom. The molecule has 10 N–H and O–H groups in total. The molecule has 282 valence electrons. The first-order valence-corrected chi connectivity index (χ1v) is 20.4. The molecule has 4 aliphatic carbocycles. The minimum atomic E-state index is 0.148. The monoisotopic (exact) mass is 679 g/mol. The predicted octanol–water partition coefficient (Wildman–Crippen LogP) is 4.48. The van der Waals surface area contributed by atoms with E-state index >= 15 is 0 Å². The van der Waals surface area contributed by atoms with Crippen LogP contribution in [0, 0.1) is 46.3 Å². The third-order valence-corrected chi connectivity index (χ3v) is 14.0. The van der Waals surface area contributed by atoms with Gasteiger partial charge in [-0.1, -0.05) is 20.8 Å². The second kappa shape index (κ2) is 20.0. The Kier molecular flexibility index (Phi) is 16.9. The van der Waals surface area contributed by atoms with Crippen molar-refractivity contribution in [1.82, 2.24) is 4.90 Å². The highest BCUT2D eigenvalue weighted by Crippen LogP contribution is 2.69. The van der Waals surface area contributed by atoms with Crippen LogP contribution in [0.2, 0.25) is 0 Å². The van der Waals surface area contributed by atoms with Gasteiger partial charge in [0.05, 0.1) is 18.3 Å². The summed E-state index contributed by atoms with van der Waals surface area (Å²) in [6.45, 7) is 17.0. The van der Waals surface area contributed by atoms with Crippen molar-refractivity contribution < 1.29 is 14.2 Å². The quantitative estimate of drug-likeness (QED) is 0.0982. The summed E-state index contributed by atoms with van der Waals surface area (Å²) in [6, 6.07) is 0. The molecule has 11 atom stereocenters. The third kappa shape index (κ3) is 9.54. The molecule has 48 heavy (non-hydrogen) atoms. The molecule has 0 radical (unpaired) electrons. The van der Waals surface area contributed by atoms with Crippen molar-refractivity contribution in [3.05, 3.63) is 0 Å². The van der Waals surface area contributed by atoms with Gasteiger partial charge in [0.1, 0.15) is 0 Å². The second-order valence-corrected chi connectivity index (χ2v) is 16.7. The van der Waals surface area contributed by atoms with Crippen molar-refractivity contribution in [1.29, 1.82) is 0 Å². The van der Waals surface area contributed by atoms with Crippen LogP contribution in [0.3, 0.4) is 0 Å². The van der Waals surface area contributed by atoms with E-state index in [4.69, 9.17) is 42.9 Å². The summed E-state index contributed by atoms with van der Waals surface area (Å²) in [6.07, 6.45) is 16.8. The lowest BCUT2D eigenvalue weighted by atomic mass is 9.43. The number of nitrogens with two attached hydrogens (primary N) is 5. The number of rotatable bonds is 23. The van der Waals surface area contributed by atoms with Crippen LogP contribution in [0.25, 0.3) is 0 Å². The van der Waals surface area contributed by atoms with Crippen LogP contribution in [0.5, 0.6) is 0 Å². The molecule has 9 heteroatoms. The van der Waals surface area contributed by atoms with Crippen molar-refractivity contribution in [2.75, 3.05) is 72.2 Å². The zero-order valence-corrected chi connectivity index (χ0v) is 31.4. The summed E-state index contributed by atoms with van der Waals surface area (Å²) >= 11 is 0. The Morgan fingerprint density at radius 2 is 1.27 bits per heavy atom. The average Bonchev–Trinajstić information content (AvgIpc) is 3.44. The minimum absolute atomic E-state index is 0.148. The van der Waals surface area contributed by atoms with Crippen molar-refractivity contribution in [3.63, 3.8) is 0 Å². The topological polar surface area (TPSA) is 161 Å². The fraction of sp³-hybridized carbons (Fsp3) is 1.00. The average molecular weight is 679 g/mol. The highest BCUT2D eigenvalue weighted by atomic mass is 16.5. The highest BCUT2D eigenvalue weighted by Gasteiger charge is 2.66. The summed E-state index contributed by atoms with van der Waals surface area (Å²) < 4.78 is 20.4. The Balaban J connectivity index is 1.55. The maximum atomic E-state index is 7.04. The van der Waals surface area contributed by atoms with E-state index in [1.165, 1.54) is 32.1 Å². The van der Waals surface area contributed by atoms with E-state index in [-0.39, 0.29) is 11.5 Å². The molecule has 0 spiro atoms. The van der Waals surface area contributed by atoms with Crippen LogP contribution in [0.1, 0.15) is 111 Å². The first-order chi connectivity index (χ1) is 23.3. The molecule has 0 heterocycles. The van der Waals surface area contributed by atoms with Crippen molar-refractivity contribution in [2.45, 2.75) is 129 Å².